The van der Waals surface area contributed by atoms with Crippen LogP contribution >= 0.6 is 0 Å². The molecule has 0 radical (unpaired) electrons. The fourth-order valence-electron chi connectivity index (χ4n) is 2.88. The molecule has 0 atom stereocenters. The molecule has 0 aliphatic heterocycles. The molecular formula is C24H30N2OSi2. The van der Waals surface area contributed by atoms with E-state index in [1.54, 1.807) is 12.4 Å². The lowest BCUT2D eigenvalue weighted by Crippen LogP contribution is -2.37. The molecule has 0 fully saturated rings. The topological polar surface area (TPSA) is 37.9 Å². The zero-order chi connectivity index (χ0) is 21.1. The molecule has 0 unspecified atom stereocenters. The van der Waals surface area contributed by atoms with Gasteiger partial charge in [0.2, 0.25) is 0 Å². The first-order chi connectivity index (χ1) is 13.6. The van der Waals surface area contributed by atoms with E-state index in [2.05, 4.69) is 97.8 Å². The molecule has 0 saturated heterocycles. The fourth-order valence-corrected chi connectivity index (χ4v) is 5.21. The second-order valence-corrected chi connectivity index (χ2v) is 19.5. The molecule has 0 saturated carbocycles. The minimum Gasteiger partial charge on any atom is -0.454 e. The van der Waals surface area contributed by atoms with Gasteiger partial charge in [0.1, 0.15) is 11.5 Å². The third-order valence-electron chi connectivity index (χ3n) is 4.80. The van der Waals surface area contributed by atoms with Gasteiger partial charge in [0.25, 0.3) is 0 Å². The third kappa shape index (κ3) is 5.98. The van der Waals surface area contributed by atoms with Gasteiger partial charge in [0, 0.05) is 0 Å². The van der Waals surface area contributed by atoms with Crippen molar-refractivity contribution < 1.29 is 4.42 Å². The molecule has 5 heteroatoms. The highest BCUT2D eigenvalue weighted by atomic mass is 28.3. The monoisotopic (exact) mass is 418 g/mol. The van der Waals surface area contributed by atoms with Crippen LogP contribution in [0.25, 0.3) is 0 Å². The molecule has 1 aromatic heterocycles. The van der Waals surface area contributed by atoms with Crippen LogP contribution in [0, 0.1) is 0 Å². The van der Waals surface area contributed by atoms with Crippen LogP contribution in [0.4, 0.5) is 11.4 Å². The van der Waals surface area contributed by atoms with E-state index in [1.807, 2.05) is 12.1 Å². The van der Waals surface area contributed by atoms with E-state index in [0.29, 0.717) is 0 Å². The van der Waals surface area contributed by atoms with Crippen molar-refractivity contribution >= 4 is 50.3 Å². The molecule has 0 bridgehead atoms. The van der Waals surface area contributed by atoms with E-state index < -0.39 is 16.1 Å². The number of hydrogen-bond acceptors (Lipinski definition) is 3. The van der Waals surface area contributed by atoms with Gasteiger partial charge in [-0.15, -0.1) is 0 Å². The number of aliphatic imine (C=N–C) groups is 2. The van der Waals surface area contributed by atoms with E-state index in [1.165, 1.54) is 10.4 Å². The summed E-state index contributed by atoms with van der Waals surface area (Å²) in [4.78, 5) is 9.04. The lowest BCUT2D eigenvalue weighted by atomic mass is 10.3. The second-order valence-electron chi connectivity index (χ2n) is 9.35. The second kappa shape index (κ2) is 8.47. The van der Waals surface area contributed by atoms with Crippen LogP contribution in [-0.2, 0) is 0 Å². The molecule has 2 aromatic carbocycles. The maximum atomic E-state index is 5.80. The minimum atomic E-state index is -1.27. The van der Waals surface area contributed by atoms with Gasteiger partial charge >= 0.3 is 0 Å². The number of hydrogen-bond donors (Lipinski definition) is 0. The Balaban J connectivity index is 1.64. The normalized spacial score (nSPS) is 12.9. The SMILES string of the molecule is C[Si](C)(C)c1ccc(N=Cc2ccc(C=Nc3ccc([Si](C)(C)C)cc3)o2)cc1. The van der Waals surface area contributed by atoms with Crippen molar-refractivity contribution in [3.05, 3.63) is 72.2 Å². The van der Waals surface area contributed by atoms with Crippen molar-refractivity contribution in [2.24, 2.45) is 9.98 Å². The van der Waals surface area contributed by atoms with Crippen molar-refractivity contribution in [2.45, 2.75) is 39.3 Å². The number of benzene rings is 2. The van der Waals surface area contributed by atoms with Crippen molar-refractivity contribution in [1.82, 2.24) is 0 Å². The van der Waals surface area contributed by atoms with E-state index >= 15 is 0 Å². The number of furan rings is 1. The van der Waals surface area contributed by atoms with E-state index in [-0.39, 0.29) is 0 Å². The Morgan fingerprint density at radius 1 is 0.552 bits per heavy atom. The van der Waals surface area contributed by atoms with E-state index in [0.717, 1.165) is 22.9 Å². The Morgan fingerprint density at radius 2 is 0.897 bits per heavy atom. The maximum Gasteiger partial charge on any atom is 0.145 e. The largest absolute Gasteiger partial charge is 0.454 e. The summed E-state index contributed by atoms with van der Waals surface area (Å²) in [5, 5.41) is 2.87. The first-order valence-electron chi connectivity index (χ1n) is 10.0. The quantitative estimate of drug-likeness (QED) is 0.364. The van der Waals surface area contributed by atoms with Crippen molar-refractivity contribution in [3.63, 3.8) is 0 Å². The summed E-state index contributed by atoms with van der Waals surface area (Å²) in [5.74, 6) is 1.43. The lowest BCUT2D eigenvalue weighted by molar-refractivity contribution is 0.553. The summed E-state index contributed by atoms with van der Waals surface area (Å²) >= 11 is 0. The van der Waals surface area contributed by atoms with Crippen LogP contribution in [0.2, 0.25) is 39.3 Å². The minimum absolute atomic E-state index is 0.717. The molecule has 0 spiro atoms. The third-order valence-corrected chi connectivity index (χ3v) is 8.93. The van der Waals surface area contributed by atoms with Gasteiger partial charge in [-0.05, 0) is 36.4 Å². The first kappa shape index (κ1) is 21.2. The maximum absolute atomic E-state index is 5.80. The first-order valence-corrected chi connectivity index (χ1v) is 17.0. The van der Waals surface area contributed by atoms with E-state index in [4.69, 9.17) is 4.42 Å². The molecule has 150 valence electrons. The molecule has 0 amide bonds. The zero-order valence-electron chi connectivity index (χ0n) is 18.2. The van der Waals surface area contributed by atoms with E-state index in [9.17, 15) is 0 Å². The van der Waals surface area contributed by atoms with Crippen LogP contribution in [0.5, 0.6) is 0 Å². The molecule has 3 rings (SSSR count). The molecule has 29 heavy (non-hydrogen) atoms. The summed E-state index contributed by atoms with van der Waals surface area (Å²) in [7, 11) is -2.55. The summed E-state index contributed by atoms with van der Waals surface area (Å²) in [5.41, 5.74) is 1.86. The Kier molecular flexibility index (Phi) is 6.19. The molecule has 0 aliphatic rings. The molecule has 0 aliphatic carbocycles. The smallest absolute Gasteiger partial charge is 0.145 e. The van der Waals surface area contributed by atoms with Gasteiger partial charge in [0.05, 0.1) is 40.0 Å². The molecule has 1 heterocycles. The number of nitrogens with zero attached hydrogens (tertiary/aromatic N) is 2. The predicted octanol–water partition coefficient (Wildman–Crippen LogP) is 5.87. The summed E-state index contributed by atoms with van der Waals surface area (Å²) < 4.78 is 5.80. The highest BCUT2D eigenvalue weighted by molar-refractivity contribution is 6.89. The van der Waals surface area contributed by atoms with Crippen molar-refractivity contribution in [2.75, 3.05) is 0 Å². The molecule has 3 aromatic rings. The van der Waals surface area contributed by atoms with Crippen LogP contribution < -0.4 is 10.4 Å². The Labute approximate surface area is 176 Å². The Bertz CT molecular complexity index is 921. The van der Waals surface area contributed by atoms with Crippen molar-refractivity contribution in [1.29, 1.82) is 0 Å². The Morgan fingerprint density at radius 3 is 1.21 bits per heavy atom. The Hall–Kier alpha value is -2.51. The van der Waals surface area contributed by atoms with Crippen LogP contribution in [0.3, 0.4) is 0 Å². The zero-order valence-corrected chi connectivity index (χ0v) is 20.2. The number of rotatable bonds is 6. The van der Waals surface area contributed by atoms with Crippen LogP contribution in [-0.4, -0.2) is 28.6 Å². The average Bonchev–Trinajstić information content (AvgIpc) is 3.12. The van der Waals surface area contributed by atoms with Gasteiger partial charge < -0.3 is 4.42 Å². The van der Waals surface area contributed by atoms with Crippen molar-refractivity contribution in [3.8, 4) is 0 Å². The standard InChI is InChI=1S/C24H30N2OSi2/c1-28(2,3)23-13-7-19(8-14-23)25-17-21-11-12-22(27-21)18-26-20-9-15-24(16-10-20)29(4,5)6/h7-18H,1-6H3. The summed E-state index contributed by atoms with van der Waals surface area (Å²) in [6, 6.07) is 20.8. The summed E-state index contributed by atoms with van der Waals surface area (Å²) in [6.07, 6.45) is 3.51. The average molecular weight is 419 g/mol. The lowest BCUT2D eigenvalue weighted by Gasteiger charge is -2.16. The van der Waals surface area contributed by atoms with Crippen LogP contribution in [0.1, 0.15) is 11.5 Å². The molecule has 3 nitrogen and oxygen atoms in total. The van der Waals surface area contributed by atoms with Gasteiger partial charge in [-0.25, -0.2) is 0 Å². The fraction of sp³-hybridized carbons (Fsp3) is 0.250. The van der Waals surface area contributed by atoms with Gasteiger partial charge in [-0.1, -0.05) is 73.9 Å². The van der Waals surface area contributed by atoms with Crippen LogP contribution in [0.15, 0.2) is 75.1 Å². The summed E-state index contributed by atoms with van der Waals surface area (Å²) in [6.45, 7) is 14.1. The molecular weight excluding hydrogens is 388 g/mol. The predicted molar refractivity (Wildman–Crippen MR) is 132 cm³/mol. The highest BCUT2D eigenvalue weighted by Gasteiger charge is 2.16. The van der Waals surface area contributed by atoms with Gasteiger partial charge in [-0.2, -0.15) is 0 Å². The molecule has 0 N–H and O–H groups in total. The van der Waals surface area contributed by atoms with Gasteiger partial charge in [0.15, 0.2) is 0 Å². The highest BCUT2D eigenvalue weighted by Crippen LogP contribution is 2.14. The van der Waals surface area contributed by atoms with Gasteiger partial charge in [-0.3, -0.25) is 9.98 Å².